The minimum absolute atomic E-state index is 0.0753. The predicted octanol–water partition coefficient (Wildman–Crippen LogP) is 2.77. The summed E-state index contributed by atoms with van der Waals surface area (Å²) in [6.45, 7) is 9.92. The smallest absolute Gasteiger partial charge is 0.246 e. The van der Waals surface area contributed by atoms with E-state index in [4.69, 9.17) is 4.74 Å². The number of amides is 1. The predicted molar refractivity (Wildman–Crippen MR) is 155 cm³/mol. The molecule has 1 spiro atoms. The van der Waals surface area contributed by atoms with Gasteiger partial charge in [0.05, 0.1) is 31.3 Å². The number of piperazine rings is 1. The number of likely N-dealkylation sites (N-methyl/N-ethyl adjacent to an activating group) is 1. The molecular formula is C32H46N6O2. The molecule has 8 heteroatoms. The monoisotopic (exact) mass is 546 g/mol. The number of carbonyl (C=O) groups is 1. The minimum atomic E-state index is -0.205. The summed E-state index contributed by atoms with van der Waals surface area (Å²) >= 11 is 0. The van der Waals surface area contributed by atoms with E-state index >= 15 is 0 Å². The van der Waals surface area contributed by atoms with Crippen molar-refractivity contribution < 1.29 is 9.53 Å². The van der Waals surface area contributed by atoms with Gasteiger partial charge in [0.15, 0.2) is 6.35 Å². The highest BCUT2D eigenvalue weighted by Gasteiger charge is 2.51. The van der Waals surface area contributed by atoms with Crippen LogP contribution in [0.4, 0.5) is 0 Å². The molecular weight excluding hydrogens is 500 g/mol. The topological polar surface area (TPSA) is 83.9 Å². The molecule has 0 aromatic heterocycles. The second-order valence-corrected chi connectivity index (χ2v) is 13.1. The fourth-order valence-electron chi connectivity index (χ4n) is 8.51. The van der Waals surface area contributed by atoms with E-state index < -0.39 is 0 Å². The zero-order valence-corrected chi connectivity index (χ0v) is 24.3. The third-order valence-corrected chi connectivity index (χ3v) is 10.7. The number of carbonyl (C=O) groups excluding carboxylic acids is 1. The Morgan fingerprint density at radius 1 is 1.23 bits per heavy atom. The summed E-state index contributed by atoms with van der Waals surface area (Å²) in [5.74, 6) is 0.377. The van der Waals surface area contributed by atoms with E-state index in [2.05, 4.69) is 65.3 Å². The van der Waals surface area contributed by atoms with Crippen LogP contribution in [-0.4, -0.2) is 91.1 Å². The van der Waals surface area contributed by atoms with Gasteiger partial charge in [-0.25, -0.2) is 0 Å². The molecule has 2 aliphatic carbocycles. The molecule has 3 aliphatic heterocycles. The van der Waals surface area contributed by atoms with Crippen molar-refractivity contribution in [2.75, 3.05) is 39.8 Å². The van der Waals surface area contributed by atoms with Gasteiger partial charge in [-0.2, -0.15) is 5.26 Å². The molecule has 6 rings (SSSR count). The molecule has 216 valence electrons. The van der Waals surface area contributed by atoms with Crippen LogP contribution in [0.3, 0.4) is 0 Å². The molecule has 8 nitrogen and oxygen atoms in total. The number of fused-ring (bicyclic) bond motifs is 2. The van der Waals surface area contributed by atoms with Crippen LogP contribution in [0.5, 0.6) is 0 Å². The average molecular weight is 547 g/mol. The van der Waals surface area contributed by atoms with Crippen molar-refractivity contribution in [1.82, 2.24) is 25.3 Å². The Kier molecular flexibility index (Phi) is 8.04. The molecule has 1 aromatic carbocycles. The van der Waals surface area contributed by atoms with E-state index in [0.29, 0.717) is 42.9 Å². The van der Waals surface area contributed by atoms with Crippen molar-refractivity contribution in [3.05, 3.63) is 47.5 Å². The van der Waals surface area contributed by atoms with Crippen molar-refractivity contribution in [3.8, 4) is 6.07 Å². The normalized spacial score (nSPS) is 36.3. The zero-order valence-electron chi connectivity index (χ0n) is 24.3. The van der Waals surface area contributed by atoms with Crippen LogP contribution in [-0.2, 0) is 22.4 Å². The van der Waals surface area contributed by atoms with Crippen LogP contribution in [0.15, 0.2) is 30.9 Å². The summed E-state index contributed by atoms with van der Waals surface area (Å²) in [6.07, 6.45) is 10.0. The minimum Gasteiger partial charge on any atom is -0.348 e. The quantitative estimate of drug-likeness (QED) is 0.531. The molecule has 4 fully saturated rings. The van der Waals surface area contributed by atoms with Crippen molar-refractivity contribution in [2.24, 2.45) is 11.3 Å². The molecule has 0 radical (unpaired) electrons. The Morgan fingerprint density at radius 3 is 2.85 bits per heavy atom. The number of ether oxygens (including phenoxy) is 1. The molecule has 0 bridgehead atoms. The van der Waals surface area contributed by atoms with Crippen LogP contribution < -0.4 is 10.6 Å². The Labute approximate surface area is 239 Å². The van der Waals surface area contributed by atoms with Crippen molar-refractivity contribution in [2.45, 2.75) is 88.9 Å². The van der Waals surface area contributed by atoms with Crippen LogP contribution in [0.25, 0.3) is 0 Å². The number of rotatable bonds is 6. The lowest BCUT2D eigenvalue weighted by Gasteiger charge is -2.55. The molecule has 1 amide bonds. The van der Waals surface area contributed by atoms with Crippen molar-refractivity contribution in [3.63, 3.8) is 0 Å². The fraction of sp³-hybridized carbons (Fsp3) is 0.688. The van der Waals surface area contributed by atoms with E-state index in [0.717, 1.165) is 32.5 Å². The van der Waals surface area contributed by atoms with Crippen LogP contribution in [0.1, 0.15) is 55.2 Å². The highest BCUT2D eigenvalue weighted by molar-refractivity contribution is 5.87. The number of hydrogen-bond acceptors (Lipinski definition) is 7. The molecule has 7 atom stereocenters. The van der Waals surface area contributed by atoms with Crippen LogP contribution in [0.2, 0.25) is 0 Å². The number of aryl methyl sites for hydroxylation is 1. The Morgan fingerprint density at radius 2 is 2.10 bits per heavy atom. The highest BCUT2D eigenvalue weighted by atomic mass is 16.5. The summed E-state index contributed by atoms with van der Waals surface area (Å²) in [6, 6.07) is 9.86. The van der Waals surface area contributed by atoms with Crippen molar-refractivity contribution >= 4 is 5.91 Å². The summed E-state index contributed by atoms with van der Waals surface area (Å²) in [5.41, 5.74) is 4.87. The highest BCUT2D eigenvalue weighted by Crippen LogP contribution is 2.51. The van der Waals surface area contributed by atoms with Gasteiger partial charge in [0.25, 0.3) is 0 Å². The van der Waals surface area contributed by atoms with Gasteiger partial charge < -0.3 is 14.5 Å². The van der Waals surface area contributed by atoms with Gasteiger partial charge in [-0.1, -0.05) is 24.8 Å². The number of nitrogens with one attached hydrogen (secondary N) is 2. The molecule has 2 N–H and O–H groups in total. The second kappa shape index (κ2) is 11.5. The number of hydrogen-bond donors (Lipinski definition) is 2. The van der Waals surface area contributed by atoms with Gasteiger partial charge in [-0.05, 0) is 93.6 Å². The van der Waals surface area contributed by atoms with E-state index in [1.54, 1.807) is 11.1 Å². The third kappa shape index (κ3) is 5.35. The molecule has 6 unspecified atom stereocenters. The first-order chi connectivity index (χ1) is 19.4. The zero-order chi connectivity index (χ0) is 27.9. The maximum atomic E-state index is 12.5. The summed E-state index contributed by atoms with van der Waals surface area (Å²) in [5, 5.41) is 17.3. The fourth-order valence-corrected chi connectivity index (χ4v) is 8.51. The average Bonchev–Trinajstić information content (AvgIpc) is 3.54. The first kappa shape index (κ1) is 27.9. The van der Waals surface area contributed by atoms with E-state index in [1.807, 2.05) is 4.90 Å². The Balaban J connectivity index is 1.21. The van der Waals surface area contributed by atoms with E-state index in [1.165, 1.54) is 43.7 Å². The largest absolute Gasteiger partial charge is 0.348 e. The summed E-state index contributed by atoms with van der Waals surface area (Å²) in [7, 11) is 2.20. The van der Waals surface area contributed by atoms with Gasteiger partial charge in [0.1, 0.15) is 0 Å². The lowest BCUT2D eigenvalue weighted by molar-refractivity contribution is -0.137. The second-order valence-electron chi connectivity index (χ2n) is 13.1. The van der Waals surface area contributed by atoms with Crippen molar-refractivity contribution in [1.29, 1.82) is 5.26 Å². The molecule has 3 heterocycles. The van der Waals surface area contributed by atoms with E-state index in [9.17, 15) is 10.1 Å². The van der Waals surface area contributed by atoms with Gasteiger partial charge in [0, 0.05) is 37.6 Å². The third-order valence-electron chi connectivity index (χ3n) is 10.7. The molecule has 5 aliphatic rings. The summed E-state index contributed by atoms with van der Waals surface area (Å²) in [4.78, 5) is 19.3. The molecule has 1 saturated carbocycles. The number of benzene rings is 1. The molecule has 3 saturated heterocycles. The maximum absolute atomic E-state index is 12.5. The van der Waals surface area contributed by atoms with Crippen LogP contribution in [0, 0.1) is 29.6 Å². The van der Waals surface area contributed by atoms with Gasteiger partial charge in [0.2, 0.25) is 5.91 Å². The molecule has 40 heavy (non-hydrogen) atoms. The standard InChI is InChI=1S/C32H46N6O2/c1-4-29(39)38-16-15-37(20-24(38)11-13-33)30-26-10-12-32(17-23-8-5-7-22(2)27(23)18-32)19-28(26)34-31(35-30)40-21-25-9-6-14-36(25)3/h4-5,7-8,24-26,28,30-31,34-35H,1,6,9-12,14-21H2,2-3H3/t24?,25?,26?,28?,30?,31?,32-/m0/s1. The lowest BCUT2D eigenvalue weighted by Crippen LogP contribution is -2.72. The SMILES string of the molecule is C=CC(=O)N1CCN(C2NC(OCC3CCCN3C)NC3C[C@@]4(CCC32)Cc2cccc(C)c2C4)CC1CC#N. The lowest BCUT2D eigenvalue weighted by atomic mass is 9.65. The number of nitriles is 1. The Hall–Kier alpha value is -2.28. The maximum Gasteiger partial charge on any atom is 0.246 e. The van der Waals surface area contributed by atoms with Crippen LogP contribution >= 0.6 is 0 Å². The van der Waals surface area contributed by atoms with Gasteiger partial charge >= 0.3 is 0 Å². The van der Waals surface area contributed by atoms with Gasteiger partial charge in [-0.15, -0.1) is 0 Å². The summed E-state index contributed by atoms with van der Waals surface area (Å²) < 4.78 is 6.57. The van der Waals surface area contributed by atoms with E-state index in [-0.39, 0.29) is 24.5 Å². The molecule has 1 aromatic rings. The number of likely N-dealkylation sites (tertiary alicyclic amines) is 1. The Bertz CT molecular complexity index is 1150. The number of nitrogens with zero attached hydrogens (tertiary/aromatic N) is 4. The first-order valence-corrected chi connectivity index (χ1v) is 15.3. The first-order valence-electron chi connectivity index (χ1n) is 15.3. The van der Waals surface area contributed by atoms with Gasteiger partial charge in [-0.3, -0.25) is 20.3 Å².